The number of halogens is 4. The molecule has 2 aliphatic heterocycles. The lowest BCUT2D eigenvalue weighted by molar-refractivity contribution is -0.145. The molecular weight excluding hydrogens is 593 g/mol. The van der Waals surface area contributed by atoms with Gasteiger partial charge in [0, 0.05) is 52.3 Å². The Morgan fingerprint density at radius 2 is 2.00 bits per heavy atom. The van der Waals surface area contributed by atoms with Crippen LogP contribution in [0.15, 0.2) is 51.6 Å². The number of carbonyl (C=O) groups is 1. The summed E-state index contributed by atoms with van der Waals surface area (Å²) >= 11 is 7.73. The molecule has 2 aliphatic rings. The van der Waals surface area contributed by atoms with Gasteiger partial charge in [0.05, 0.1) is 41.7 Å². The van der Waals surface area contributed by atoms with E-state index in [-0.39, 0.29) is 31.9 Å². The molecule has 0 amide bonds. The molecule has 0 saturated heterocycles. The average molecular weight is 619 g/mol. The van der Waals surface area contributed by atoms with Crippen molar-refractivity contribution in [1.82, 2.24) is 14.8 Å². The lowest BCUT2D eigenvalue weighted by atomic mass is 10.0. The van der Waals surface area contributed by atoms with E-state index in [4.69, 9.17) is 21.1 Å². The summed E-state index contributed by atoms with van der Waals surface area (Å²) in [4.78, 5) is 36.4. The van der Waals surface area contributed by atoms with Gasteiger partial charge < -0.3 is 14.4 Å². The van der Waals surface area contributed by atoms with Crippen LogP contribution in [0.25, 0.3) is 21.3 Å². The maximum absolute atomic E-state index is 13.0. The van der Waals surface area contributed by atoms with Crippen LogP contribution >= 0.6 is 22.9 Å². The summed E-state index contributed by atoms with van der Waals surface area (Å²) in [5.41, 5.74) is 4.27. The van der Waals surface area contributed by atoms with Gasteiger partial charge in [0.2, 0.25) is 0 Å². The minimum absolute atomic E-state index is 0.0410. The zero-order valence-corrected chi connectivity index (χ0v) is 24.5. The summed E-state index contributed by atoms with van der Waals surface area (Å²) in [6, 6.07) is 7.08. The third kappa shape index (κ3) is 6.07. The lowest BCUT2D eigenvalue weighted by Gasteiger charge is -2.36. The SMILES string of the molecule is COC(=O)c1csc2c(-c3cc(Cl)ccc3OCCN3C(=C=O)C4=C(CCN(CC(F)(F)F)C4)N=C3C)cc(C)nc12. The molecule has 0 radical (unpaired) electrons. The van der Waals surface area contributed by atoms with Crippen molar-refractivity contribution >= 4 is 50.9 Å². The topological polar surface area (TPSA) is 84.3 Å². The Balaban J connectivity index is 1.39. The number of amidine groups is 1. The summed E-state index contributed by atoms with van der Waals surface area (Å²) in [5, 5.41) is 2.18. The van der Waals surface area contributed by atoms with Gasteiger partial charge in [0.15, 0.2) is 5.94 Å². The number of hydrogen-bond acceptors (Lipinski definition) is 9. The zero-order valence-electron chi connectivity index (χ0n) is 23.0. The molecule has 2 aromatic heterocycles. The van der Waals surface area contributed by atoms with Gasteiger partial charge in [-0.15, -0.1) is 11.3 Å². The standard InChI is InChI=1S/C29H26ClF3N4O4S/c1-16-10-20(27-26(34-16)22(14-42-27)28(39)40-3)19-11-18(30)4-5-25(19)41-9-8-37-17(2)35-23-6-7-36(15-29(31,32)33)12-21(23)24(37)13-38/h4-5,10-11,14H,6-9,12,15H2,1-3H3. The Morgan fingerprint density at radius 3 is 2.71 bits per heavy atom. The van der Waals surface area contributed by atoms with E-state index < -0.39 is 18.7 Å². The third-order valence-electron chi connectivity index (χ3n) is 7.00. The second-order valence-corrected chi connectivity index (χ2v) is 11.2. The molecule has 0 unspecified atom stereocenters. The monoisotopic (exact) mass is 618 g/mol. The highest BCUT2D eigenvalue weighted by atomic mass is 35.5. The summed E-state index contributed by atoms with van der Waals surface area (Å²) in [6.45, 7) is 2.98. The van der Waals surface area contributed by atoms with Gasteiger partial charge in [-0.2, -0.15) is 13.2 Å². The smallest absolute Gasteiger partial charge is 0.401 e. The highest BCUT2D eigenvalue weighted by molar-refractivity contribution is 7.18. The largest absolute Gasteiger partial charge is 0.491 e. The second kappa shape index (κ2) is 11.9. The first-order chi connectivity index (χ1) is 20.0. The van der Waals surface area contributed by atoms with E-state index in [2.05, 4.69) is 9.98 Å². The molecule has 0 saturated carbocycles. The molecule has 0 bridgehead atoms. The first-order valence-electron chi connectivity index (χ1n) is 13.0. The molecular formula is C29H26ClF3N4O4S. The Bertz CT molecular complexity index is 1680. The van der Waals surface area contributed by atoms with Gasteiger partial charge in [-0.25, -0.2) is 14.6 Å². The zero-order chi connectivity index (χ0) is 30.2. The van der Waals surface area contributed by atoms with Crippen molar-refractivity contribution in [2.45, 2.75) is 26.4 Å². The van der Waals surface area contributed by atoms with E-state index in [0.29, 0.717) is 56.6 Å². The van der Waals surface area contributed by atoms with E-state index in [1.165, 1.54) is 23.3 Å². The van der Waals surface area contributed by atoms with Crippen molar-refractivity contribution in [3.8, 4) is 16.9 Å². The molecule has 3 aromatic rings. The second-order valence-electron chi connectivity index (χ2n) is 9.88. The van der Waals surface area contributed by atoms with Crippen molar-refractivity contribution in [3.05, 3.63) is 62.9 Å². The van der Waals surface area contributed by atoms with Crippen molar-refractivity contribution in [1.29, 1.82) is 0 Å². The van der Waals surface area contributed by atoms with Gasteiger partial charge in [-0.3, -0.25) is 9.88 Å². The molecule has 0 spiro atoms. The quantitative estimate of drug-likeness (QED) is 0.235. The van der Waals surface area contributed by atoms with Crippen LogP contribution < -0.4 is 4.74 Å². The number of aromatic nitrogens is 1. The van der Waals surface area contributed by atoms with E-state index in [9.17, 15) is 22.8 Å². The van der Waals surface area contributed by atoms with Gasteiger partial charge in [0.1, 0.15) is 23.9 Å². The number of pyridine rings is 1. The van der Waals surface area contributed by atoms with E-state index in [1.54, 1.807) is 35.4 Å². The number of ether oxygens (including phenoxy) is 2. The number of fused-ring (bicyclic) bond motifs is 1. The van der Waals surface area contributed by atoms with Crippen LogP contribution in [-0.2, 0) is 9.53 Å². The number of benzene rings is 1. The van der Waals surface area contributed by atoms with E-state index in [0.717, 1.165) is 10.3 Å². The maximum atomic E-state index is 13.0. The number of carbonyl (C=O) groups excluding carboxylic acids is 2. The average Bonchev–Trinajstić information content (AvgIpc) is 3.36. The first kappa shape index (κ1) is 29.8. The number of hydrogen-bond donors (Lipinski definition) is 0. The number of aryl methyl sites for hydroxylation is 1. The van der Waals surface area contributed by atoms with Crippen LogP contribution in [0.4, 0.5) is 13.2 Å². The van der Waals surface area contributed by atoms with Gasteiger partial charge in [-0.1, -0.05) is 11.6 Å². The van der Waals surface area contributed by atoms with Gasteiger partial charge >= 0.3 is 12.1 Å². The van der Waals surface area contributed by atoms with Crippen LogP contribution in [0.5, 0.6) is 5.75 Å². The Kier molecular flexibility index (Phi) is 8.43. The van der Waals surface area contributed by atoms with Crippen LogP contribution in [0.1, 0.15) is 29.4 Å². The number of rotatable bonds is 7. The lowest BCUT2D eigenvalue weighted by Crippen LogP contribution is -2.44. The first-order valence-corrected chi connectivity index (χ1v) is 14.2. The van der Waals surface area contributed by atoms with Crippen LogP contribution in [0.2, 0.25) is 5.02 Å². The Hall–Kier alpha value is -3.70. The highest BCUT2D eigenvalue weighted by Crippen LogP contribution is 2.40. The molecule has 0 atom stereocenters. The minimum Gasteiger partial charge on any atom is -0.491 e. The van der Waals surface area contributed by atoms with Crippen molar-refractivity contribution < 1.29 is 32.2 Å². The summed E-state index contributed by atoms with van der Waals surface area (Å²) in [6.07, 6.45) is -4.03. The molecule has 0 aliphatic carbocycles. The molecule has 220 valence electrons. The Morgan fingerprint density at radius 1 is 1.21 bits per heavy atom. The predicted octanol–water partition coefficient (Wildman–Crippen LogP) is 6.06. The van der Waals surface area contributed by atoms with Crippen LogP contribution in [0.3, 0.4) is 0 Å². The molecule has 42 heavy (non-hydrogen) atoms. The normalized spacial score (nSPS) is 15.9. The molecule has 0 N–H and O–H groups in total. The minimum atomic E-state index is -4.34. The third-order valence-corrected chi connectivity index (χ3v) is 8.24. The maximum Gasteiger partial charge on any atom is 0.401 e. The molecule has 0 fully saturated rings. The van der Waals surface area contributed by atoms with Gasteiger partial charge in [-0.05, 0) is 38.1 Å². The predicted molar refractivity (Wildman–Crippen MR) is 155 cm³/mol. The summed E-state index contributed by atoms with van der Waals surface area (Å²) < 4.78 is 50.9. The highest BCUT2D eigenvalue weighted by Gasteiger charge is 2.36. The van der Waals surface area contributed by atoms with Gasteiger partial charge in [0.25, 0.3) is 0 Å². The van der Waals surface area contributed by atoms with E-state index in [1.807, 2.05) is 18.9 Å². The fraction of sp³-hybridized carbons (Fsp3) is 0.345. The number of esters is 1. The molecule has 1 aromatic carbocycles. The van der Waals surface area contributed by atoms with Crippen molar-refractivity contribution in [2.24, 2.45) is 4.99 Å². The van der Waals surface area contributed by atoms with Crippen molar-refractivity contribution in [3.63, 3.8) is 0 Å². The molecule has 5 rings (SSSR count). The van der Waals surface area contributed by atoms with Crippen LogP contribution in [0, 0.1) is 6.92 Å². The number of nitrogens with zero attached hydrogens (tertiary/aromatic N) is 4. The molecule has 8 nitrogen and oxygen atoms in total. The number of alkyl halides is 3. The summed E-state index contributed by atoms with van der Waals surface area (Å²) in [7, 11) is 1.32. The number of methoxy groups -OCH3 is 1. The fourth-order valence-electron chi connectivity index (χ4n) is 5.18. The number of aliphatic imine (C=N–C) groups is 1. The van der Waals surface area contributed by atoms with Crippen LogP contribution in [-0.4, -0.2) is 78.6 Å². The van der Waals surface area contributed by atoms with E-state index >= 15 is 0 Å². The molecule has 13 heteroatoms. The Labute approximate surface area is 248 Å². The molecule has 4 heterocycles. The number of thiophene rings is 1. The van der Waals surface area contributed by atoms with Crippen molar-refractivity contribution in [2.75, 3.05) is 39.9 Å². The summed E-state index contributed by atoms with van der Waals surface area (Å²) in [5.74, 6) is 2.50. The fourth-order valence-corrected chi connectivity index (χ4v) is 6.36.